The van der Waals surface area contributed by atoms with Crippen LogP contribution in [0.4, 0.5) is 0 Å². The van der Waals surface area contributed by atoms with Gasteiger partial charge in [0.05, 0.1) is 0 Å². The number of rotatable bonds is 6. The zero-order valence-electron chi connectivity index (χ0n) is 13.5. The zero-order chi connectivity index (χ0) is 15.9. The molecule has 1 aliphatic heterocycles. The highest BCUT2D eigenvalue weighted by atomic mass is 35.5. The minimum Gasteiger partial charge on any atom is -0.311 e. The number of piperidine rings is 1. The summed E-state index contributed by atoms with van der Waals surface area (Å²) in [5, 5.41) is 4.45. The Morgan fingerprint density at radius 2 is 1.61 bits per heavy atom. The molecule has 0 radical (unpaired) electrons. The van der Waals surface area contributed by atoms with Crippen molar-refractivity contribution in [1.29, 1.82) is 0 Å². The molecule has 0 saturated carbocycles. The van der Waals surface area contributed by atoms with Gasteiger partial charge in [0.1, 0.15) is 0 Å². The lowest BCUT2D eigenvalue weighted by Crippen LogP contribution is -2.39. The fourth-order valence-electron chi connectivity index (χ4n) is 3.35. The lowest BCUT2D eigenvalue weighted by molar-refractivity contribution is 0.160. The van der Waals surface area contributed by atoms with Crippen LogP contribution in [-0.4, -0.2) is 24.5 Å². The second kappa shape index (κ2) is 8.49. The van der Waals surface area contributed by atoms with Crippen molar-refractivity contribution in [2.24, 2.45) is 0 Å². The summed E-state index contributed by atoms with van der Waals surface area (Å²) in [7, 11) is 0. The summed E-state index contributed by atoms with van der Waals surface area (Å²) < 4.78 is 0. The number of halogens is 1. The van der Waals surface area contributed by atoms with Gasteiger partial charge in [0, 0.05) is 24.2 Å². The molecule has 0 amide bonds. The molecule has 1 aliphatic rings. The molecule has 0 aromatic heterocycles. The molecular weight excluding hydrogens is 304 g/mol. The maximum Gasteiger partial charge on any atom is 0.0472 e. The van der Waals surface area contributed by atoms with E-state index in [4.69, 9.17) is 11.6 Å². The maximum atomic E-state index is 6.25. The highest BCUT2D eigenvalue weighted by Gasteiger charge is 2.21. The smallest absolute Gasteiger partial charge is 0.0472 e. The quantitative estimate of drug-likeness (QED) is 0.829. The van der Waals surface area contributed by atoms with Crippen LogP contribution in [0.1, 0.15) is 36.4 Å². The summed E-state index contributed by atoms with van der Waals surface area (Å²) in [6.07, 6.45) is 3.99. The molecule has 23 heavy (non-hydrogen) atoms. The predicted octanol–water partition coefficient (Wildman–Crippen LogP) is 4.66. The van der Waals surface area contributed by atoms with Crippen molar-refractivity contribution in [2.45, 2.75) is 31.8 Å². The Kier molecular flexibility index (Phi) is 6.09. The molecule has 3 heteroatoms. The average molecular weight is 329 g/mol. The summed E-state index contributed by atoms with van der Waals surface area (Å²) in [6, 6.07) is 19.4. The van der Waals surface area contributed by atoms with Gasteiger partial charge < -0.3 is 5.32 Å². The van der Waals surface area contributed by atoms with Crippen molar-refractivity contribution in [3.63, 3.8) is 0 Å². The van der Waals surface area contributed by atoms with Gasteiger partial charge >= 0.3 is 0 Å². The third kappa shape index (κ3) is 4.57. The number of likely N-dealkylation sites (tertiary alicyclic amines) is 1. The molecule has 2 aromatic rings. The normalized spacial score (nSPS) is 17.1. The summed E-state index contributed by atoms with van der Waals surface area (Å²) in [6.45, 7) is 4.17. The number of nitrogens with zero attached hydrogens (tertiary/aromatic N) is 1. The monoisotopic (exact) mass is 328 g/mol. The Morgan fingerprint density at radius 3 is 2.35 bits per heavy atom. The third-order valence-electron chi connectivity index (χ3n) is 4.63. The van der Waals surface area contributed by atoms with Crippen molar-refractivity contribution < 1.29 is 0 Å². The summed E-state index contributed by atoms with van der Waals surface area (Å²) in [5.41, 5.74) is 2.57. The predicted molar refractivity (Wildman–Crippen MR) is 97.8 cm³/mol. The fraction of sp³-hybridized carbons (Fsp3) is 0.400. The van der Waals surface area contributed by atoms with E-state index >= 15 is 0 Å². The van der Waals surface area contributed by atoms with E-state index in [-0.39, 0.29) is 0 Å². The van der Waals surface area contributed by atoms with Crippen LogP contribution in [0.25, 0.3) is 0 Å². The molecule has 122 valence electrons. The molecule has 1 N–H and O–H groups in total. The first-order valence-corrected chi connectivity index (χ1v) is 8.95. The largest absolute Gasteiger partial charge is 0.311 e. The van der Waals surface area contributed by atoms with Gasteiger partial charge in [-0.05, 0) is 43.1 Å². The van der Waals surface area contributed by atoms with Crippen LogP contribution in [0.2, 0.25) is 5.02 Å². The van der Waals surface area contributed by atoms with Crippen LogP contribution in [0.5, 0.6) is 0 Å². The second-order valence-corrected chi connectivity index (χ2v) is 6.65. The van der Waals surface area contributed by atoms with Crippen LogP contribution in [-0.2, 0) is 6.54 Å². The van der Waals surface area contributed by atoms with Crippen molar-refractivity contribution >= 4 is 11.6 Å². The molecule has 0 bridgehead atoms. The standard InChI is InChI=1S/C20H25ClN2/c21-19-12-6-5-11-18(19)15-22-16-20(17-9-3-1-4-10-17)23-13-7-2-8-14-23/h1,3-6,9-12,20,22H,2,7-8,13-16H2. The van der Waals surface area contributed by atoms with E-state index in [1.165, 1.54) is 43.5 Å². The van der Waals surface area contributed by atoms with Gasteiger partial charge in [-0.1, -0.05) is 66.6 Å². The van der Waals surface area contributed by atoms with Crippen molar-refractivity contribution in [3.05, 3.63) is 70.7 Å². The molecule has 0 spiro atoms. The van der Waals surface area contributed by atoms with E-state index in [2.05, 4.69) is 46.6 Å². The van der Waals surface area contributed by atoms with Crippen LogP contribution in [0, 0.1) is 0 Å². The van der Waals surface area contributed by atoms with Gasteiger partial charge in [0.15, 0.2) is 0 Å². The van der Waals surface area contributed by atoms with Gasteiger partial charge in [-0.25, -0.2) is 0 Å². The SMILES string of the molecule is Clc1ccccc1CNCC(c1ccccc1)N1CCCCC1. The van der Waals surface area contributed by atoms with Crippen LogP contribution in [0.15, 0.2) is 54.6 Å². The minimum atomic E-state index is 0.444. The van der Waals surface area contributed by atoms with Gasteiger partial charge in [0.25, 0.3) is 0 Å². The molecule has 2 nitrogen and oxygen atoms in total. The fourth-order valence-corrected chi connectivity index (χ4v) is 3.55. The van der Waals surface area contributed by atoms with Gasteiger partial charge in [-0.15, -0.1) is 0 Å². The van der Waals surface area contributed by atoms with Crippen molar-refractivity contribution in [2.75, 3.05) is 19.6 Å². The number of hydrogen-bond donors (Lipinski definition) is 1. The highest BCUT2D eigenvalue weighted by molar-refractivity contribution is 6.31. The lowest BCUT2D eigenvalue weighted by Gasteiger charge is -2.35. The Balaban J connectivity index is 1.65. The Morgan fingerprint density at radius 1 is 0.913 bits per heavy atom. The first-order chi connectivity index (χ1) is 11.3. The summed E-state index contributed by atoms with van der Waals surface area (Å²) in [5.74, 6) is 0. The van der Waals surface area contributed by atoms with Crippen molar-refractivity contribution in [1.82, 2.24) is 10.2 Å². The van der Waals surface area contributed by atoms with Crippen LogP contribution in [0.3, 0.4) is 0 Å². The van der Waals surface area contributed by atoms with E-state index < -0.39 is 0 Å². The van der Waals surface area contributed by atoms with Gasteiger partial charge in [-0.2, -0.15) is 0 Å². The van der Waals surface area contributed by atoms with Gasteiger partial charge in [0.2, 0.25) is 0 Å². The van der Waals surface area contributed by atoms with E-state index in [0.29, 0.717) is 6.04 Å². The molecule has 1 fully saturated rings. The van der Waals surface area contributed by atoms with E-state index in [0.717, 1.165) is 18.1 Å². The average Bonchev–Trinajstić information content (AvgIpc) is 2.62. The van der Waals surface area contributed by atoms with E-state index in [1.807, 2.05) is 18.2 Å². The molecule has 1 heterocycles. The lowest BCUT2D eigenvalue weighted by atomic mass is 10.0. The molecule has 3 rings (SSSR count). The number of nitrogens with one attached hydrogen (secondary N) is 1. The molecule has 1 saturated heterocycles. The number of hydrogen-bond acceptors (Lipinski definition) is 2. The molecular formula is C20H25ClN2. The van der Waals surface area contributed by atoms with E-state index in [9.17, 15) is 0 Å². The Bertz CT molecular complexity index is 594. The number of benzene rings is 2. The molecule has 2 aromatic carbocycles. The first-order valence-electron chi connectivity index (χ1n) is 8.58. The second-order valence-electron chi connectivity index (χ2n) is 6.25. The van der Waals surface area contributed by atoms with Crippen LogP contribution >= 0.6 is 11.6 Å². The molecule has 1 unspecified atom stereocenters. The topological polar surface area (TPSA) is 15.3 Å². The third-order valence-corrected chi connectivity index (χ3v) is 5.00. The minimum absolute atomic E-state index is 0.444. The maximum absolute atomic E-state index is 6.25. The summed E-state index contributed by atoms with van der Waals surface area (Å²) >= 11 is 6.25. The first kappa shape index (κ1) is 16.5. The zero-order valence-corrected chi connectivity index (χ0v) is 14.3. The Labute approximate surface area is 144 Å². The van der Waals surface area contributed by atoms with E-state index in [1.54, 1.807) is 0 Å². The van der Waals surface area contributed by atoms with Crippen molar-refractivity contribution in [3.8, 4) is 0 Å². The van der Waals surface area contributed by atoms with Crippen LogP contribution < -0.4 is 5.32 Å². The highest BCUT2D eigenvalue weighted by Crippen LogP contribution is 2.24. The van der Waals surface area contributed by atoms with Gasteiger partial charge in [-0.3, -0.25) is 4.90 Å². The Hall–Kier alpha value is -1.35. The summed E-state index contributed by atoms with van der Waals surface area (Å²) in [4.78, 5) is 2.62. The molecule has 1 atom stereocenters. The molecule has 0 aliphatic carbocycles.